The van der Waals surface area contributed by atoms with E-state index in [-0.39, 0.29) is 17.8 Å². The normalized spacial score (nSPS) is 19.2. The first-order chi connectivity index (χ1) is 11.2. The van der Waals surface area contributed by atoms with E-state index in [9.17, 15) is 4.39 Å². The van der Waals surface area contributed by atoms with E-state index in [1.54, 1.807) is 18.5 Å². The molecule has 0 saturated carbocycles. The molecule has 0 fully saturated rings. The fourth-order valence-electron chi connectivity index (χ4n) is 3.15. The van der Waals surface area contributed by atoms with E-state index in [1.165, 1.54) is 12.1 Å². The summed E-state index contributed by atoms with van der Waals surface area (Å²) in [6.45, 7) is 0. The second kappa shape index (κ2) is 5.35. The van der Waals surface area contributed by atoms with Crippen LogP contribution in [0.1, 0.15) is 28.7 Å². The minimum absolute atomic E-state index is 0.00719. The van der Waals surface area contributed by atoms with E-state index in [2.05, 4.69) is 15.3 Å². The Morgan fingerprint density at radius 2 is 1.65 bits per heavy atom. The Balaban J connectivity index is 1.85. The molecule has 1 aliphatic rings. The van der Waals surface area contributed by atoms with E-state index in [4.69, 9.17) is 5.73 Å². The molecule has 3 N–H and O–H groups in total. The van der Waals surface area contributed by atoms with Crippen LogP contribution in [0.25, 0.3) is 0 Å². The van der Waals surface area contributed by atoms with Crippen LogP contribution in [-0.2, 0) is 0 Å². The summed E-state index contributed by atoms with van der Waals surface area (Å²) in [4.78, 5) is 8.48. The Kier molecular flexibility index (Phi) is 3.19. The molecule has 3 heterocycles. The molecule has 1 aliphatic heterocycles. The van der Waals surface area contributed by atoms with Gasteiger partial charge < -0.3 is 11.1 Å². The summed E-state index contributed by atoms with van der Waals surface area (Å²) < 4.78 is 13.3. The van der Waals surface area contributed by atoms with Crippen molar-refractivity contribution in [3.05, 3.63) is 83.4 Å². The topological polar surface area (TPSA) is 63.8 Å². The Labute approximate surface area is 133 Å². The Morgan fingerprint density at radius 1 is 0.913 bits per heavy atom. The first kappa shape index (κ1) is 13.7. The molecular weight excluding hydrogens is 291 g/mol. The number of halogens is 1. The number of rotatable bonds is 2. The van der Waals surface area contributed by atoms with Crippen LogP contribution < -0.4 is 11.1 Å². The number of nitrogens with one attached hydrogen (secondary N) is 1. The van der Waals surface area contributed by atoms with Crippen molar-refractivity contribution in [2.45, 2.75) is 12.0 Å². The number of pyridine rings is 2. The Hall–Kier alpha value is -2.95. The maximum Gasteiger partial charge on any atom is 0.132 e. The highest BCUT2D eigenvalue weighted by atomic mass is 19.1. The third-order valence-electron chi connectivity index (χ3n) is 4.20. The summed E-state index contributed by atoms with van der Waals surface area (Å²) >= 11 is 0. The molecule has 0 radical (unpaired) electrons. The zero-order valence-electron chi connectivity index (χ0n) is 12.3. The minimum Gasteiger partial charge on any atom is -0.384 e. The van der Waals surface area contributed by atoms with Gasteiger partial charge in [0.1, 0.15) is 17.5 Å². The lowest BCUT2D eigenvalue weighted by Gasteiger charge is -2.21. The molecule has 0 bridgehead atoms. The fourth-order valence-corrected chi connectivity index (χ4v) is 3.15. The molecule has 0 aliphatic carbocycles. The van der Waals surface area contributed by atoms with Gasteiger partial charge >= 0.3 is 0 Å². The second-order valence-electron chi connectivity index (χ2n) is 5.61. The lowest BCUT2D eigenvalue weighted by Crippen LogP contribution is -2.13. The molecule has 2 atom stereocenters. The van der Waals surface area contributed by atoms with Gasteiger partial charge in [-0.3, -0.25) is 4.98 Å². The van der Waals surface area contributed by atoms with E-state index < -0.39 is 0 Å². The molecule has 2 unspecified atom stereocenters. The van der Waals surface area contributed by atoms with Crippen LogP contribution in [0, 0.1) is 5.82 Å². The molecule has 1 aromatic carbocycles. The van der Waals surface area contributed by atoms with Gasteiger partial charge in [-0.05, 0) is 41.5 Å². The summed E-state index contributed by atoms with van der Waals surface area (Å²) in [5.74, 6) is 1.06. The van der Waals surface area contributed by atoms with Crippen molar-refractivity contribution in [2.75, 3.05) is 11.1 Å². The van der Waals surface area contributed by atoms with Gasteiger partial charge in [-0.15, -0.1) is 0 Å². The molecule has 23 heavy (non-hydrogen) atoms. The highest BCUT2D eigenvalue weighted by Crippen LogP contribution is 2.46. The summed E-state index contributed by atoms with van der Waals surface area (Å²) in [6.07, 6.45) is 3.53. The number of nitrogens with two attached hydrogens (primary N) is 1. The number of anilines is 2. The number of aromatic nitrogens is 2. The molecule has 114 valence electrons. The highest BCUT2D eigenvalue weighted by Gasteiger charge is 2.35. The number of hydrogen-bond donors (Lipinski definition) is 2. The molecule has 4 rings (SSSR count). The standard InChI is InChI=1S/C18H15FN4/c19-13-3-1-11(2-4-13)16-14-5-6-15(20)22-18(14)23-17(16)12-7-9-21-10-8-12/h1-10,16-17H,(H3,20,22,23). The van der Waals surface area contributed by atoms with Crippen molar-refractivity contribution in [3.8, 4) is 0 Å². The summed E-state index contributed by atoms with van der Waals surface area (Å²) in [5, 5.41) is 3.44. The largest absolute Gasteiger partial charge is 0.384 e. The lowest BCUT2D eigenvalue weighted by molar-refractivity contribution is 0.624. The van der Waals surface area contributed by atoms with E-state index in [0.717, 1.165) is 22.5 Å². The van der Waals surface area contributed by atoms with Crippen molar-refractivity contribution >= 4 is 11.6 Å². The SMILES string of the molecule is Nc1ccc2c(n1)NC(c1ccncc1)C2c1ccc(F)cc1. The molecule has 2 aromatic heterocycles. The van der Waals surface area contributed by atoms with Crippen LogP contribution >= 0.6 is 0 Å². The van der Waals surface area contributed by atoms with Crippen LogP contribution in [0.4, 0.5) is 16.0 Å². The van der Waals surface area contributed by atoms with Crippen molar-refractivity contribution < 1.29 is 4.39 Å². The first-order valence-electron chi connectivity index (χ1n) is 7.41. The maximum atomic E-state index is 13.3. The number of nitrogens with zero attached hydrogens (tertiary/aromatic N) is 2. The predicted molar refractivity (Wildman–Crippen MR) is 87.5 cm³/mol. The van der Waals surface area contributed by atoms with Crippen LogP contribution in [0.15, 0.2) is 60.9 Å². The fraction of sp³-hybridized carbons (Fsp3) is 0.111. The number of nitrogen functional groups attached to an aromatic ring is 1. The molecule has 0 spiro atoms. The Morgan fingerprint density at radius 3 is 2.39 bits per heavy atom. The average molecular weight is 306 g/mol. The van der Waals surface area contributed by atoms with Crippen LogP contribution in [-0.4, -0.2) is 9.97 Å². The van der Waals surface area contributed by atoms with Crippen LogP contribution in [0.5, 0.6) is 0 Å². The molecule has 3 aromatic rings. The summed E-state index contributed by atoms with van der Waals surface area (Å²) in [6, 6.07) is 14.4. The van der Waals surface area contributed by atoms with Gasteiger partial charge in [-0.25, -0.2) is 9.37 Å². The molecule has 5 heteroatoms. The van der Waals surface area contributed by atoms with Gasteiger partial charge in [0.05, 0.1) is 6.04 Å². The third-order valence-corrected chi connectivity index (χ3v) is 4.20. The Bertz CT molecular complexity index is 833. The van der Waals surface area contributed by atoms with Crippen LogP contribution in [0.3, 0.4) is 0 Å². The first-order valence-corrected chi connectivity index (χ1v) is 7.41. The molecular formula is C18H15FN4. The minimum atomic E-state index is -0.240. The quantitative estimate of drug-likeness (QED) is 0.760. The van der Waals surface area contributed by atoms with Gasteiger partial charge in [-0.2, -0.15) is 0 Å². The molecule has 0 amide bonds. The van der Waals surface area contributed by atoms with Crippen molar-refractivity contribution in [1.29, 1.82) is 0 Å². The summed E-state index contributed by atoms with van der Waals surface area (Å²) in [5.41, 5.74) is 9.01. The van der Waals surface area contributed by atoms with Gasteiger partial charge in [0.2, 0.25) is 0 Å². The highest BCUT2D eigenvalue weighted by molar-refractivity contribution is 5.62. The van der Waals surface area contributed by atoms with E-state index in [0.29, 0.717) is 5.82 Å². The third kappa shape index (κ3) is 2.40. The number of fused-ring (bicyclic) bond motifs is 1. The van der Waals surface area contributed by atoms with Gasteiger partial charge in [0.25, 0.3) is 0 Å². The van der Waals surface area contributed by atoms with E-state index in [1.807, 2.05) is 30.3 Å². The van der Waals surface area contributed by atoms with E-state index >= 15 is 0 Å². The van der Waals surface area contributed by atoms with Crippen LogP contribution in [0.2, 0.25) is 0 Å². The number of benzene rings is 1. The van der Waals surface area contributed by atoms with Crippen molar-refractivity contribution in [1.82, 2.24) is 9.97 Å². The zero-order valence-corrected chi connectivity index (χ0v) is 12.3. The lowest BCUT2D eigenvalue weighted by atomic mass is 9.85. The maximum absolute atomic E-state index is 13.3. The van der Waals surface area contributed by atoms with Crippen molar-refractivity contribution in [3.63, 3.8) is 0 Å². The monoisotopic (exact) mass is 306 g/mol. The number of hydrogen-bond acceptors (Lipinski definition) is 4. The molecule has 4 nitrogen and oxygen atoms in total. The van der Waals surface area contributed by atoms with Gasteiger partial charge in [0.15, 0.2) is 0 Å². The average Bonchev–Trinajstić information content (AvgIpc) is 2.95. The smallest absolute Gasteiger partial charge is 0.132 e. The zero-order chi connectivity index (χ0) is 15.8. The molecule has 0 saturated heterocycles. The van der Waals surface area contributed by atoms with Gasteiger partial charge in [-0.1, -0.05) is 18.2 Å². The van der Waals surface area contributed by atoms with Crippen molar-refractivity contribution in [2.24, 2.45) is 0 Å². The second-order valence-corrected chi connectivity index (χ2v) is 5.61. The summed E-state index contributed by atoms with van der Waals surface area (Å²) in [7, 11) is 0. The van der Waals surface area contributed by atoms with Gasteiger partial charge in [0, 0.05) is 23.9 Å². The predicted octanol–water partition coefficient (Wildman–Crippen LogP) is 3.50.